The highest BCUT2D eigenvalue weighted by Crippen LogP contribution is 2.13. The van der Waals surface area contributed by atoms with E-state index in [1.165, 1.54) is 0 Å². The molecule has 0 spiro atoms. The number of amidine groups is 1. The van der Waals surface area contributed by atoms with Gasteiger partial charge in [-0.25, -0.2) is 0 Å². The minimum Gasteiger partial charge on any atom is -0.394 e. The van der Waals surface area contributed by atoms with Crippen molar-refractivity contribution >= 4 is 11.7 Å². The van der Waals surface area contributed by atoms with Gasteiger partial charge in [0, 0.05) is 18.9 Å². The van der Waals surface area contributed by atoms with E-state index in [9.17, 15) is 4.79 Å². The van der Waals surface area contributed by atoms with Crippen LogP contribution in [0.4, 0.5) is 0 Å². The summed E-state index contributed by atoms with van der Waals surface area (Å²) in [7, 11) is 0. The first-order chi connectivity index (χ1) is 9.25. The Bertz CT molecular complexity index is 445. The number of amides is 1. The topological polar surface area (TPSA) is 76.7 Å². The molecule has 0 aromatic heterocycles. The van der Waals surface area contributed by atoms with Crippen LogP contribution in [0.25, 0.3) is 0 Å². The molecule has 1 heterocycles. The Morgan fingerprint density at radius 3 is 2.89 bits per heavy atom. The molecule has 1 aliphatic rings. The van der Waals surface area contributed by atoms with Gasteiger partial charge in [0.15, 0.2) is 0 Å². The number of hydrogen-bond acceptors (Lipinski definition) is 3. The summed E-state index contributed by atoms with van der Waals surface area (Å²) in [5.74, 6) is 0.623. The number of benzene rings is 1. The molecule has 5 nitrogen and oxygen atoms in total. The van der Waals surface area contributed by atoms with Crippen LogP contribution in [0.3, 0.4) is 0 Å². The number of carbonyl (C=O) groups is 1. The van der Waals surface area contributed by atoms with Crippen molar-refractivity contribution in [2.45, 2.75) is 19.3 Å². The largest absolute Gasteiger partial charge is 0.394 e. The van der Waals surface area contributed by atoms with Crippen molar-refractivity contribution in [3.05, 3.63) is 35.9 Å². The van der Waals surface area contributed by atoms with Crippen molar-refractivity contribution in [1.29, 1.82) is 0 Å². The molecule has 1 aliphatic heterocycles. The van der Waals surface area contributed by atoms with Gasteiger partial charge < -0.3 is 15.9 Å². The molecular weight excluding hydrogens is 242 g/mol. The molecule has 0 aliphatic carbocycles. The number of carbonyl (C=O) groups excluding carboxylic acids is 1. The molecule has 1 atom stereocenters. The van der Waals surface area contributed by atoms with Crippen LogP contribution in [0.5, 0.6) is 0 Å². The highest BCUT2D eigenvalue weighted by atomic mass is 16.6. The van der Waals surface area contributed by atoms with Gasteiger partial charge in [-0.1, -0.05) is 35.5 Å². The third-order valence-electron chi connectivity index (χ3n) is 3.13. The normalized spacial score (nSPS) is 19.3. The van der Waals surface area contributed by atoms with Gasteiger partial charge >= 0.3 is 0 Å². The number of nitrogens with zero attached hydrogens (tertiary/aromatic N) is 1. The van der Waals surface area contributed by atoms with Crippen molar-refractivity contribution in [3.8, 4) is 0 Å². The molecule has 1 saturated heterocycles. The van der Waals surface area contributed by atoms with Crippen LogP contribution < -0.4 is 11.1 Å². The van der Waals surface area contributed by atoms with E-state index in [0.29, 0.717) is 25.3 Å². The van der Waals surface area contributed by atoms with Crippen LogP contribution in [0, 0.1) is 5.92 Å². The number of nitrogens with two attached hydrogens (primary N) is 1. The van der Waals surface area contributed by atoms with Crippen molar-refractivity contribution in [3.63, 3.8) is 0 Å². The second-order valence-corrected chi connectivity index (χ2v) is 4.64. The fraction of sp³-hybridized carbons (Fsp3) is 0.429. The second kappa shape index (κ2) is 6.78. The lowest BCUT2D eigenvalue weighted by Gasteiger charge is -2.06. The van der Waals surface area contributed by atoms with Crippen LogP contribution in [0.1, 0.15) is 18.4 Å². The fourth-order valence-electron chi connectivity index (χ4n) is 2.08. The summed E-state index contributed by atoms with van der Waals surface area (Å²) in [5, 5.41) is 6.67. The van der Waals surface area contributed by atoms with E-state index < -0.39 is 0 Å². The maximum absolute atomic E-state index is 11.3. The molecule has 5 heteroatoms. The molecule has 1 aromatic carbocycles. The summed E-state index contributed by atoms with van der Waals surface area (Å²) in [6.45, 7) is 1.19. The predicted molar refractivity (Wildman–Crippen MR) is 73.5 cm³/mol. The first-order valence-corrected chi connectivity index (χ1v) is 6.51. The molecule has 0 bridgehead atoms. The maximum Gasteiger partial charge on any atom is 0.223 e. The molecule has 2 rings (SSSR count). The van der Waals surface area contributed by atoms with Gasteiger partial charge in [0.2, 0.25) is 5.91 Å². The van der Waals surface area contributed by atoms with Crippen molar-refractivity contribution < 1.29 is 9.63 Å². The molecule has 1 amide bonds. The molecule has 0 unspecified atom stereocenters. The van der Waals surface area contributed by atoms with E-state index in [2.05, 4.69) is 10.5 Å². The summed E-state index contributed by atoms with van der Waals surface area (Å²) in [6.07, 6.45) is 2.14. The summed E-state index contributed by atoms with van der Waals surface area (Å²) >= 11 is 0. The van der Waals surface area contributed by atoms with Crippen LogP contribution in [0.15, 0.2) is 35.5 Å². The molecule has 3 N–H and O–H groups in total. The van der Waals surface area contributed by atoms with Gasteiger partial charge in [-0.05, 0) is 18.4 Å². The molecule has 1 fully saturated rings. The van der Waals surface area contributed by atoms with E-state index in [1.54, 1.807) is 0 Å². The molecule has 102 valence electrons. The average Bonchev–Trinajstić information content (AvgIpc) is 2.81. The van der Waals surface area contributed by atoms with E-state index in [-0.39, 0.29) is 11.8 Å². The Balaban J connectivity index is 1.69. The third-order valence-corrected chi connectivity index (χ3v) is 3.13. The Morgan fingerprint density at radius 1 is 1.42 bits per heavy atom. The zero-order valence-corrected chi connectivity index (χ0v) is 10.8. The first-order valence-electron chi connectivity index (χ1n) is 6.51. The first kappa shape index (κ1) is 13.4. The minimum atomic E-state index is 0.0607. The quantitative estimate of drug-likeness (QED) is 0.348. The minimum absolute atomic E-state index is 0.0607. The zero-order valence-electron chi connectivity index (χ0n) is 10.8. The monoisotopic (exact) mass is 261 g/mol. The summed E-state index contributed by atoms with van der Waals surface area (Å²) in [6, 6.07) is 9.86. The number of oxime groups is 1. The lowest BCUT2D eigenvalue weighted by atomic mass is 10.1. The molecular formula is C14H19N3O2. The van der Waals surface area contributed by atoms with Crippen molar-refractivity contribution in [2.24, 2.45) is 16.8 Å². The Kier molecular flexibility index (Phi) is 4.78. The third kappa shape index (κ3) is 4.28. The highest BCUT2D eigenvalue weighted by Gasteiger charge is 2.23. The van der Waals surface area contributed by atoms with Gasteiger partial charge in [-0.2, -0.15) is 0 Å². The summed E-state index contributed by atoms with van der Waals surface area (Å²) < 4.78 is 0. The summed E-state index contributed by atoms with van der Waals surface area (Å²) in [5.41, 5.74) is 6.87. The number of rotatable bonds is 6. The Hall–Kier alpha value is -2.04. The number of hydrogen-bond donors (Lipinski definition) is 2. The van der Waals surface area contributed by atoms with Crippen LogP contribution in [-0.2, 0) is 16.1 Å². The fourth-order valence-corrected chi connectivity index (χ4v) is 2.08. The average molecular weight is 261 g/mol. The SMILES string of the molecule is NC(Cc1ccccc1)=NOCC[C@@H]1CCNC1=O. The van der Waals surface area contributed by atoms with Gasteiger partial charge in [0.25, 0.3) is 0 Å². The molecule has 0 radical (unpaired) electrons. The number of nitrogens with one attached hydrogen (secondary N) is 1. The van der Waals surface area contributed by atoms with E-state index in [1.807, 2.05) is 30.3 Å². The van der Waals surface area contributed by atoms with Crippen LogP contribution in [-0.4, -0.2) is 24.9 Å². The van der Waals surface area contributed by atoms with Gasteiger partial charge in [0.05, 0.1) is 0 Å². The second-order valence-electron chi connectivity index (χ2n) is 4.64. The lowest BCUT2D eigenvalue weighted by molar-refractivity contribution is -0.122. The molecule has 0 saturated carbocycles. The summed E-state index contributed by atoms with van der Waals surface area (Å²) in [4.78, 5) is 16.5. The molecule has 1 aromatic rings. The van der Waals surface area contributed by atoms with E-state index >= 15 is 0 Å². The van der Waals surface area contributed by atoms with Crippen LogP contribution >= 0.6 is 0 Å². The van der Waals surface area contributed by atoms with Crippen molar-refractivity contribution in [2.75, 3.05) is 13.2 Å². The Labute approximate surface area is 112 Å². The smallest absolute Gasteiger partial charge is 0.223 e. The zero-order chi connectivity index (χ0) is 13.5. The Morgan fingerprint density at radius 2 is 2.21 bits per heavy atom. The maximum atomic E-state index is 11.3. The van der Waals surface area contributed by atoms with Gasteiger partial charge in [-0.3, -0.25) is 4.79 Å². The lowest BCUT2D eigenvalue weighted by Crippen LogP contribution is -2.20. The highest BCUT2D eigenvalue weighted by molar-refractivity contribution is 5.82. The van der Waals surface area contributed by atoms with Gasteiger partial charge in [-0.15, -0.1) is 0 Å². The van der Waals surface area contributed by atoms with Crippen molar-refractivity contribution in [1.82, 2.24) is 5.32 Å². The predicted octanol–water partition coefficient (Wildman–Crippen LogP) is 1.04. The van der Waals surface area contributed by atoms with Gasteiger partial charge in [0.1, 0.15) is 12.4 Å². The van der Waals surface area contributed by atoms with Crippen LogP contribution in [0.2, 0.25) is 0 Å². The van der Waals surface area contributed by atoms with E-state index in [4.69, 9.17) is 10.6 Å². The molecule has 19 heavy (non-hydrogen) atoms. The van der Waals surface area contributed by atoms with E-state index in [0.717, 1.165) is 18.5 Å². The standard InChI is InChI=1S/C14H19N3O2/c15-13(10-11-4-2-1-3-5-11)17-19-9-7-12-6-8-16-14(12)18/h1-5,12H,6-10H2,(H2,15,17)(H,16,18)/t12-/m0/s1.